The molecule has 5 nitrogen and oxygen atoms in total. The number of aromatic amines is 1. The van der Waals surface area contributed by atoms with Crippen molar-refractivity contribution in [1.29, 1.82) is 0 Å². The maximum Gasteiger partial charge on any atom is 0.254 e. The predicted octanol–water partition coefficient (Wildman–Crippen LogP) is 2.83. The fraction of sp³-hybridized carbons (Fsp3) is 0.375. The number of carbonyl (C=O) groups excluding carboxylic acids is 1. The molecule has 0 bridgehead atoms. The second-order valence-corrected chi connectivity index (χ2v) is 5.41. The first kappa shape index (κ1) is 13.8. The Kier molecular flexibility index (Phi) is 4.01. The molecule has 21 heavy (non-hydrogen) atoms. The molecular weight excluding hydrogens is 266 g/mol. The van der Waals surface area contributed by atoms with Crippen molar-refractivity contribution >= 4 is 11.7 Å². The Morgan fingerprint density at radius 2 is 2.19 bits per heavy atom. The summed E-state index contributed by atoms with van der Waals surface area (Å²) in [6.07, 6.45) is 1.88. The highest BCUT2D eigenvalue weighted by molar-refractivity contribution is 5.93. The Balaban J connectivity index is 1.49. The second kappa shape index (κ2) is 6.10. The van der Waals surface area contributed by atoms with Gasteiger partial charge in [-0.2, -0.15) is 5.10 Å². The quantitative estimate of drug-likeness (QED) is 0.857. The zero-order chi connectivity index (χ0) is 14.7. The number of nitrogens with one attached hydrogen (secondary N) is 2. The lowest BCUT2D eigenvalue weighted by Gasteiger charge is -2.12. The minimum atomic E-state index is -0.522. The van der Waals surface area contributed by atoms with Crippen molar-refractivity contribution in [1.82, 2.24) is 10.2 Å². The number of rotatable bonds is 6. The molecule has 2 N–H and O–H groups in total. The third-order valence-electron chi connectivity index (χ3n) is 3.58. The summed E-state index contributed by atoms with van der Waals surface area (Å²) in [5, 5.41) is 9.84. The largest absolute Gasteiger partial charge is 0.364 e. The fourth-order valence-electron chi connectivity index (χ4n) is 2.10. The van der Waals surface area contributed by atoms with Crippen LogP contribution in [-0.2, 0) is 16.1 Å². The van der Waals surface area contributed by atoms with E-state index in [4.69, 9.17) is 4.74 Å². The number of aromatic nitrogens is 2. The van der Waals surface area contributed by atoms with Crippen LogP contribution in [0, 0.1) is 0 Å². The molecule has 1 amide bonds. The molecule has 0 radical (unpaired) electrons. The van der Waals surface area contributed by atoms with E-state index < -0.39 is 6.10 Å². The number of benzene rings is 1. The minimum absolute atomic E-state index is 0.181. The smallest absolute Gasteiger partial charge is 0.254 e. The molecule has 1 aliphatic carbocycles. The molecule has 0 spiro atoms. The Morgan fingerprint density at radius 1 is 1.43 bits per heavy atom. The molecule has 2 aromatic rings. The zero-order valence-corrected chi connectivity index (χ0v) is 12.0. The summed E-state index contributed by atoms with van der Waals surface area (Å²) in [5.74, 6) is 0.978. The van der Waals surface area contributed by atoms with Gasteiger partial charge in [0.15, 0.2) is 5.82 Å². The van der Waals surface area contributed by atoms with Gasteiger partial charge in [0.25, 0.3) is 5.91 Å². The van der Waals surface area contributed by atoms with Crippen molar-refractivity contribution in [2.24, 2.45) is 0 Å². The first-order chi connectivity index (χ1) is 10.2. The molecule has 1 heterocycles. The summed E-state index contributed by atoms with van der Waals surface area (Å²) in [7, 11) is 0. The highest BCUT2D eigenvalue weighted by atomic mass is 16.5. The molecule has 5 heteroatoms. The van der Waals surface area contributed by atoms with Gasteiger partial charge in [0.05, 0.1) is 6.61 Å². The van der Waals surface area contributed by atoms with Gasteiger partial charge in [-0.3, -0.25) is 9.89 Å². The third-order valence-corrected chi connectivity index (χ3v) is 3.58. The molecule has 0 saturated heterocycles. The van der Waals surface area contributed by atoms with Gasteiger partial charge >= 0.3 is 0 Å². The van der Waals surface area contributed by atoms with Crippen LogP contribution < -0.4 is 5.32 Å². The number of amides is 1. The number of carbonyl (C=O) groups is 1. The van der Waals surface area contributed by atoms with Crippen LogP contribution in [0.2, 0.25) is 0 Å². The van der Waals surface area contributed by atoms with Crippen molar-refractivity contribution in [2.45, 2.75) is 38.4 Å². The Hall–Kier alpha value is -2.14. The monoisotopic (exact) mass is 285 g/mol. The summed E-state index contributed by atoms with van der Waals surface area (Å²) in [6, 6.07) is 11.7. The average Bonchev–Trinajstić information content (AvgIpc) is 3.26. The van der Waals surface area contributed by atoms with Gasteiger partial charge in [-0.15, -0.1) is 0 Å². The van der Waals surface area contributed by atoms with E-state index in [9.17, 15) is 4.79 Å². The summed E-state index contributed by atoms with van der Waals surface area (Å²) >= 11 is 0. The van der Waals surface area contributed by atoms with Gasteiger partial charge in [0.1, 0.15) is 6.10 Å². The van der Waals surface area contributed by atoms with Crippen molar-refractivity contribution in [3.8, 4) is 0 Å². The standard InChI is InChI=1S/C16H19N3O2/c1-11(21-10-12-5-3-2-4-6-12)16(20)17-15-9-14(18-19-15)13-7-8-13/h2-6,9,11,13H,7-8,10H2,1H3,(H2,17,18,19,20)/t11-/m0/s1. The van der Waals surface area contributed by atoms with E-state index >= 15 is 0 Å². The van der Waals surface area contributed by atoms with Crippen LogP contribution in [0.5, 0.6) is 0 Å². The molecule has 1 aromatic carbocycles. The Bertz CT molecular complexity index is 605. The summed E-state index contributed by atoms with van der Waals surface area (Å²) in [6.45, 7) is 2.16. The molecule has 1 fully saturated rings. The summed E-state index contributed by atoms with van der Waals surface area (Å²) in [4.78, 5) is 12.0. The van der Waals surface area contributed by atoms with Crippen LogP contribution in [0.15, 0.2) is 36.4 Å². The van der Waals surface area contributed by atoms with Gasteiger partial charge in [-0.1, -0.05) is 30.3 Å². The highest BCUT2D eigenvalue weighted by Gasteiger charge is 2.26. The van der Waals surface area contributed by atoms with Crippen LogP contribution >= 0.6 is 0 Å². The summed E-state index contributed by atoms with van der Waals surface area (Å²) in [5.41, 5.74) is 2.15. The van der Waals surface area contributed by atoms with E-state index in [1.807, 2.05) is 36.4 Å². The molecule has 0 aliphatic heterocycles. The van der Waals surface area contributed by atoms with Gasteiger partial charge in [0, 0.05) is 17.7 Å². The zero-order valence-electron chi connectivity index (χ0n) is 12.0. The van der Waals surface area contributed by atoms with Crippen LogP contribution in [0.3, 0.4) is 0 Å². The molecule has 1 aromatic heterocycles. The molecule has 1 atom stereocenters. The first-order valence-electron chi connectivity index (χ1n) is 7.24. The summed E-state index contributed by atoms with van der Waals surface area (Å²) < 4.78 is 5.58. The second-order valence-electron chi connectivity index (χ2n) is 5.41. The maximum atomic E-state index is 12.0. The van der Waals surface area contributed by atoms with Crippen molar-refractivity contribution in [3.05, 3.63) is 47.7 Å². The van der Waals surface area contributed by atoms with Crippen LogP contribution in [-0.4, -0.2) is 22.2 Å². The topological polar surface area (TPSA) is 67.0 Å². The Morgan fingerprint density at radius 3 is 2.90 bits per heavy atom. The van der Waals surface area contributed by atoms with Crippen LogP contribution in [0.1, 0.15) is 36.9 Å². The van der Waals surface area contributed by atoms with Gasteiger partial charge in [-0.05, 0) is 25.3 Å². The van der Waals surface area contributed by atoms with Crippen molar-refractivity contribution in [3.63, 3.8) is 0 Å². The maximum absolute atomic E-state index is 12.0. The molecule has 110 valence electrons. The molecule has 1 aliphatic rings. The van der Waals surface area contributed by atoms with E-state index in [1.165, 1.54) is 12.8 Å². The Labute approximate surface area is 123 Å². The van der Waals surface area contributed by atoms with E-state index in [-0.39, 0.29) is 5.91 Å². The third kappa shape index (κ3) is 3.70. The van der Waals surface area contributed by atoms with Crippen molar-refractivity contribution < 1.29 is 9.53 Å². The van der Waals surface area contributed by atoms with E-state index in [2.05, 4.69) is 15.5 Å². The van der Waals surface area contributed by atoms with Gasteiger partial charge in [0.2, 0.25) is 0 Å². The first-order valence-corrected chi connectivity index (χ1v) is 7.24. The lowest BCUT2D eigenvalue weighted by atomic mass is 10.2. The lowest BCUT2D eigenvalue weighted by molar-refractivity contribution is -0.127. The van der Waals surface area contributed by atoms with E-state index in [0.29, 0.717) is 18.3 Å². The number of H-pyrrole nitrogens is 1. The van der Waals surface area contributed by atoms with E-state index in [0.717, 1.165) is 11.3 Å². The number of hydrogen-bond donors (Lipinski definition) is 2. The van der Waals surface area contributed by atoms with E-state index in [1.54, 1.807) is 6.92 Å². The van der Waals surface area contributed by atoms with Gasteiger partial charge < -0.3 is 10.1 Å². The molecule has 1 saturated carbocycles. The molecule has 3 rings (SSSR count). The van der Waals surface area contributed by atoms with Crippen LogP contribution in [0.25, 0.3) is 0 Å². The lowest BCUT2D eigenvalue weighted by Crippen LogP contribution is -2.27. The number of nitrogens with zero attached hydrogens (tertiary/aromatic N) is 1. The SMILES string of the molecule is C[C@H](OCc1ccccc1)C(=O)Nc1cc(C2CC2)[nH]n1. The van der Waals surface area contributed by atoms with Crippen LogP contribution in [0.4, 0.5) is 5.82 Å². The van der Waals surface area contributed by atoms with Crippen molar-refractivity contribution in [2.75, 3.05) is 5.32 Å². The minimum Gasteiger partial charge on any atom is -0.364 e. The average molecular weight is 285 g/mol. The number of anilines is 1. The number of hydrogen-bond acceptors (Lipinski definition) is 3. The predicted molar refractivity (Wildman–Crippen MR) is 79.9 cm³/mol. The fourth-order valence-corrected chi connectivity index (χ4v) is 2.10. The number of ether oxygens (including phenoxy) is 1. The molecular formula is C16H19N3O2. The highest BCUT2D eigenvalue weighted by Crippen LogP contribution is 2.39. The molecule has 0 unspecified atom stereocenters. The van der Waals surface area contributed by atoms with Gasteiger partial charge in [-0.25, -0.2) is 0 Å². The normalized spacial score (nSPS) is 15.7.